The van der Waals surface area contributed by atoms with Crippen molar-refractivity contribution >= 4 is 23.3 Å². The highest BCUT2D eigenvalue weighted by atomic mass is 32.1. The quantitative estimate of drug-likeness (QED) is 0.855. The van der Waals surface area contributed by atoms with Crippen molar-refractivity contribution in [2.24, 2.45) is 5.92 Å². The molecule has 1 aliphatic rings. The van der Waals surface area contributed by atoms with Gasteiger partial charge in [-0.2, -0.15) is 0 Å². The molecule has 2 heterocycles. The number of aliphatic hydroxyl groups excluding tert-OH is 1. The number of carbonyl (C=O) groups is 1. The fourth-order valence-electron chi connectivity index (χ4n) is 3.01. The maximum Gasteiger partial charge on any atom is 0.246 e. The van der Waals surface area contributed by atoms with Gasteiger partial charge in [0.2, 0.25) is 5.91 Å². The van der Waals surface area contributed by atoms with E-state index < -0.39 is 6.10 Å². The van der Waals surface area contributed by atoms with Crippen molar-refractivity contribution < 1.29 is 14.3 Å². The first-order valence-corrected chi connectivity index (χ1v) is 8.95. The first-order valence-electron chi connectivity index (χ1n) is 8.07. The molecule has 1 N–H and O–H groups in total. The second kappa shape index (κ2) is 7.73. The van der Waals surface area contributed by atoms with Crippen LogP contribution in [0.3, 0.4) is 0 Å². The summed E-state index contributed by atoms with van der Waals surface area (Å²) in [5.41, 5.74) is 0.735. The monoisotopic (exact) mass is 345 g/mol. The van der Waals surface area contributed by atoms with Crippen molar-refractivity contribution in [3.8, 4) is 0 Å². The molecule has 3 rings (SSSR count). The molecule has 1 aromatic carbocycles. The van der Waals surface area contributed by atoms with Gasteiger partial charge in [-0.3, -0.25) is 4.79 Å². The molecule has 0 bridgehead atoms. The number of aliphatic hydroxyl groups is 1. The summed E-state index contributed by atoms with van der Waals surface area (Å²) < 4.78 is 13.0. The SMILES string of the molecule is O=C(C=Cc1cccs1)N1CCC(C(O)c2ccc(F)cc2)CC1. The van der Waals surface area contributed by atoms with Crippen LogP contribution < -0.4 is 0 Å². The third-order valence-corrected chi connectivity index (χ3v) is 5.28. The molecule has 5 heteroatoms. The van der Waals surface area contributed by atoms with Gasteiger partial charge < -0.3 is 10.0 Å². The molecular weight excluding hydrogens is 325 g/mol. The van der Waals surface area contributed by atoms with E-state index in [9.17, 15) is 14.3 Å². The zero-order valence-electron chi connectivity index (χ0n) is 13.3. The Morgan fingerprint density at radius 2 is 1.96 bits per heavy atom. The van der Waals surface area contributed by atoms with Gasteiger partial charge in [0.05, 0.1) is 6.10 Å². The van der Waals surface area contributed by atoms with Crippen molar-refractivity contribution in [2.45, 2.75) is 18.9 Å². The number of piperidine rings is 1. The van der Waals surface area contributed by atoms with Gasteiger partial charge in [0.15, 0.2) is 0 Å². The molecule has 1 amide bonds. The van der Waals surface area contributed by atoms with E-state index >= 15 is 0 Å². The zero-order chi connectivity index (χ0) is 16.9. The molecular formula is C19H20FNO2S. The van der Waals surface area contributed by atoms with Gasteiger partial charge in [-0.15, -0.1) is 11.3 Å². The Hall–Kier alpha value is -1.98. The molecule has 24 heavy (non-hydrogen) atoms. The number of benzene rings is 1. The van der Waals surface area contributed by atoms with Crippen molar-refractivity contribution in [1.29, 1.82) is 0 Å². The van der Waals surface area contributed by atoms with Gasteiger partial charge in [0.25, 0.3) is 0 Å². The Kier molecular flexibility index (Phi) is 5.43. The number of nitrogens with zero attached hydrogens (tertiary/aromatic N) is 1. The van der Waals surface area contributed by atoms with Gasteiger partial charge in [-0.05, 0) is 54.0 Å². The number of likely N-dealkylation sites (tertiary alicyclic amines) is 1. The summed E-state index contributed by atoms with van der Waals surface area (Å²) in [6.45, 7) is 1.27. The van der Waals surface area contributed by atoms with Gasteiger partial charge >= 0.3 is 0 Å². The summed E-state index contributed by atoms with van der Waals surface area (Å²) in [7, 11) is 0. The molecule has 0 radical (unpaired) electrons. The van der Waals surface area contributed by atoms with Crippen molar-refractivity contribution in [2.75, 3.05) is 13.1 Å². The summed E-state index contributed by atoms with van der Waals surface area (Å²) in [6, 6.07) is 9.92. The highest BCUT2D eigenvalue weighted by Crippen LogP contribution is 2.30. The number of hydrogen-bond acceptors (Lipinski definition) is 3. The minimum atomic E-state index is -0.607. The Morgan fingerprint density at radius 1 is 1.25 bits per heavy atom. The van der Waals surface area contributed by atoms with E-state index in [1.807, 2.05) is 28.5 Å². The molecule has 1 unspecified atom stereocenters. The van der Waals surface area contributed by atoms with Crippen LogP contribution in [0, 0.1) is 11.7 Å². The maximum atomic E-state index is 13.0. The van der Waals surface area contributed by atoms with Crippen LogP contribution in [0.5, 0.6) is 0 Å². The third kappa shape index (κ3) is 4.10. The highest BCUT2D eigenvalue weighted by molar-refractivity contribution is 7.10. The molecule has 3 nitrogen and oxygen atoms in total. The smallest absolute Gasteiger partial charge is 0.246 e. The minimum Gasteiger partial charge on any atom is -0.388 e. The second-order valence-electron chi connectivity index (χ2n) is 6.01. The van der Waals surface area contributed by atoms with Crippen molar-refractivity contribution in [1.82, 2.24) is 4.90 Å². The molecule has 1 aliphatic heterocycles. The summed E-state index contributed by atoms with van der Waals surface area (Å²) in [4.78, 5) is 15.1. The van der Waals surface area contributed by atoms with Crippen LogP contribution in [0.15, 0.2) is 47.9 Å². The molecule has 1 atom stereocenters. The number of carbonyl (C=O) groups excluding carboxylic acids is 1. The maximum absolute atomic E-state index is 13.0. The first-order chi connectivity index (χ1) is 11.6. The Balaban J connectivity index is 1.53. The molecule has 1 fully saturated rings. The average Bonchev–Trinajstić information content (AvgIpc) is 3.13. The second-order valence-corrected chi connectivity index (χ2v) is 6.99. The average molecular weight is 345 g/mol. The first kappa shape index (κ1) is 16.9. The number of thiophene rings is 1. The number of hydrogen-bond donors (Lipinski definition) is 1. The summed E-state index contributed by atoms with van der Waals surface area (Å²) in [5, 5.41) is 12.4. The number of halogens is 1. The lowest BCUT2D eigenvalue weighted by molar-refractivity contribution is -0.127. The molecule has 0 saturated carbocycles. The van der Waals surface area contributed by atoms with Crippen LogP contribution in [0.4, 0.5) is 4.39 Å². The van der Waals surface area contributed by atoms with Gasteiger partial charge in [-0.1, -0.05) is 18.2 Å². The molecule has 1 saturated heterocycles. The lowest BCUT2D eigenvalue weighted by Crippen LogP contribution is -2.38. The van der Waals surface area contributed by atoms with Gasteiger partial charge in [0, 0.05) is 24.0 Å². The van der Waals surface area contributed by atoms with E-state index in [2.05, 4.69) is 0 Å². The Bertz CT molecular complexity index is 689. The van der Waals surface area contributed by atoms with Crippen LogP contribution in [0.25, 0.3) is 6.08 Å². The number of amides is 1. The largest absolute Gasteiger partial charge is 0.388 e. The molecule has 0 aliphatic carbocycles. The van der Waals surface area contributed by atoms with E-state index in [4.69, 9.17) is 0 Å². The van der Waals surface area contributed by atoms with Crippen molar-refractivity contribution in [3.63, 3.8) is 0 Å². The summed E-state index contributed by atoms with van der Waals surface area (Å²) in [5.74, 6) is -0.192. The molecule has 0 spiro atoms. The standard InChI is InChI=1S/C19H20FNO2S/c20-16-5-3-14(4-6-16)19(23)15-9-11-21(12-10-15)18(22)8-7-17-2-1-13-24-17/h1-8,13,15,19,23H,9-12H2. The van der Waals surface area contributed by atoms with Gasteiger partial charge in [0.1, 0.15) is 5.82 Å². The highest BCUT2D eigenvalue weighted by Gasteiger charge is 2.27. The van der Waals surface area contributed by atoms with Crippen molar-refractivity contribution in [3.05, 3.63) is 64.1 Å². The third-order valence-electron chi connectivity index (χ3n) is 4.44. The molecule has 1 aromatic heterocycles. The molecule has 2 aromatic rings. The summed E-state index contributed by atoms with van der Waals surface area (Å²) >= 11 is 1.60. The fraction of sp³-hybridized carbons (Fsp3) is 0.316. The van der Waals surface area contributed by atoms with Crippen LogP contribution in [0.2, 0.25) is 0 Å². The minimum absolute atomic E-state index is 0.0121. The lowest BCUT2D eigenvalue weighted by atomic mass is 9.87. The summed E-state index contributed by atoms with van der Waals surface area (Å²) in [6.07, 6.45) is 4.34. The van der Waals surface area contributed by atoms with E-state index in [1.54, 1.807) is 29.5 Å². The van der Waals surface area contributed by atoms with Crippen LogP contribution >= 0.6 is 11.3 Å². The predicted molar refractivity (Wildman–Crippen MR) is 94.0 cm³/mol. The van der Waals surface area contributed by atoms with E-state index in [0.29, 0.717) is 13.1 Å². The van der Waals surface area contributed by atoms with Crippen LogP contribution in [-0.2, 0) is 4.79 Å². The predicted octanol–water partition coefficient (Wildman–Crippen LogP) is 3.87. The molecule has 126 valence electrons. The zero-order valence-corrected chi connectivity index (χ0v) is 14.1. The Labute approximate surface area is 145 Å². The van der Waals surface area contributed by atoms with E-state index in [1.165, 1.54) is 12.1 Å². The van der Waals surface area contributed by atoms with E-state index in [-0.39, 0.29) is 17.6 Å². The normalized spacial score (nSPS) is 17.3. The van der Waals surface area contributed by atoms with Gasteiger partial charge in [-0.25, -0.2) is 4.39 Å². The number of rotatable bonds is 4. The Morgan fingerprint density at radius 3 is 2.58 bits per heavy atom. The fourth-order valence-corrected chi connectivity index (χ4v) is 3.63. The van der Waals surface area contributed by atoms with E-state index in [0.717, 1.165) is 23.3 Å². The van der Waals surface area contributed by atoms with Crippen LogP contribution in [-0.4, -0.2) is 29.0 Å². The topological polar surface area (TPSA) is 40.5 Å². The van der Waals surface area contributed by atoms with Crippen LogP contribution in [0.1, 0.15) is 29.4 Å². The lowest BCUT2D eigenvalue weighted by Gasteiger charge is -2.33.